The lowest BCUT2D eigenvalue weighted by molar-refractivity contribution is 0.187. The van der Waals surface area contributed by atoms with E-state index in [1.807, 2.05) is 7.05 Å². The molecule has 0 aromatic carbocycles. The van der Waals surface area contributed by atoms with Gasteiger partial charge in [0.05, 0.1) is 0 Å². The van der Waals surface area contributed by atoms with E-state index in [9.17, 15) is 4.79 Å². The van der Waals surface area contributed by atoms with Crippen molar-refractivity contribution in [2.24, 2.45) is 0 Å². The zero-order valence-electron chi connectivity index (χ0n) is 9.25. The molecule has 1 saturated carbocycles. The SMILES string of the molecule is CSCC(C)N(C)C(=O)NC1CCC1. The first-order valence-corrected chi connectivity index (χ1v) is 6.56. The van der Waals surface area contributed by atoms with Gasteiger partial charge in [0.15, 0.2) is 0 Å². The molecule has 0 radical (unpaired) electrons. The summed E-state index contributed by atoms with van der Waals surface area (Å²) in [5.41, 5.74) is 0. The lowest BCUT2D eigenvalue weighted by atomic mass is 9.93. The molecular weight excluding hydrogens is 196 g/mol. The largest absolute Gasteiger partial charge is 0.335 e. The summed E-state index contributed by atoms with van der Waals surface area (Å²) in [4.78, 5) is 13.5. The summed E-state index contributed by atoms with van der Waals surface area (Å²) in [5, 5.41) is 3.03. The van der Waals surface area contributed by atoms with Crippen molar-refractivity contribution in [1.29, 1.82) is 0 Å². The zero-order valence-corrected chi connectivity index (χ0v) is 10.1. The number of rotatable bonds is 4. The minimum atomic E-state index is 0.0799. The number of carbonyl (C=O) groups excluding carboxylic acids is 1. The van der Waals surface area contributed by atoms with E-state index in [2.05, 4.69) is 18.5 Å². The van der Waals surface area contributed by atoms with Crippen molar-refractivity contribution < 1.29 is 4.79 Å². The summed E-state index contributed by atoms with van der Waals surface area (Å²) in [5.74, 6) is 0.995. The number of carbonyl (C=O) groups is 1. The Kier molecular flexibility index (Phi) is 4.58. The Morgan fingerprint density at radius 2 is 2.29 bits per heavy atom. The van der Waals surface area contributed by atoms with Crippen molar-refractivity contribution >= 4 is 17.8 Å². The number of thioether (sulfide) groups is 1. The van der Waals surface area contributed by atoms with Crippen LogP contribution in [0.5, 0.6) is 0 Å². The number of nitrogens with one attached hydrogen (secondary N) is 1. The second-order valence-electron chi connectivity index (χ2n) is 3.99. The smallest absolute Gasteiger partial charge is 0.317 e. The molecule has 1 aliphatic carbocycles. The maximum absolute atomic E-state index is 11.7. The van der Waals surface area contributed by atoms with Crippen LogP contribution in [0.25, 0.3) is 0 Å². The van der Waals surface area contributed by atoms with E-state index in [1.54, 1.807) is 16.7 Å². The third kappa shape index (κ3) is 3.08. The number of hydrogen-bond acceptors (Lipinski definition) is 2. The Hall–Kier alpha value is -0.380. The molecule has 82 valence electrons. The molecule has 0 bridgehead atoms. The van der Waals surface area contributed by atoms with Crippen LogP contribution in [0, 0.1) is 0 Å². The molecule has 0 aromatic rings. The van der Waals surface area contributed by atoms with Gasteiger partial charge in [0.25, 0.3) is 0 Å². The van der Waals surface area contributed by atoms with Crippen LogP contribution in [-0.4, -0.2) is 42.1 Å². The molecular formula is C10H20N2OS. The Labute approximate surface area is 90.6 Å². The third-order valence-corrected chi connectivity index (χ3v) is 3.64. The minimum Gasteiger partial charge on any atom is -0.335 e. The number of hydrogen-bond donors (Lipinski definition) is 1. The summed E-state index contributed by atoms with van der Waals surface area (Å²) < 4.78 is 0. The maximum Gasteiger partial charge on any atom is 0.317 e. The van der Waals surface area contributed by atoms with Crippen LogP contribution in [-0.2, 0) is 0 Å². The molecule has 1 fully saturated rings. The topological polar surface area (TPSA) is 32.3 Å². The highest BCUT2D eigenvalue weighted by molar-refractivity contribution is 7.98. The van der Waals surface area contributed by atoms with Crippen LogP contribution >= 0.6 is 11.8 Å². The molecule has 1 N–H and O–H groups in total. The van der Waals surface area contributed by atoms with E-state index in [-0.39, 0.29) is 6.03 Å². The molecule has 4 heteroatoms. The molecule has 1 aliphatic rings. The zero-order chi connectivity index (χ0) is 10.6. The highest BCUT2D eigenvalue weighted by atomic mass is 32.2. The van der Waals surface area contributed by atoms with E-state index >= 15 is 0 Å². The van der Waals surface area contributed by atoms with Gasteiger partial charge in [-0.1, -0.05) is 0 Å². The molecule has 0 heterocycles. The van der Waals surface area contributed by atoms with Crippen molar-refractivity contribution in [1.82, 2.24) is 10.2 Å². The van der Waals surface area contributed by atoms with E-state index < -0.39 is 0 Å². The molecule has 0 saturated heterocycles. The average Bonchev–Trinajstić information content (AvgIpc) is 2.10. The quantitative estimate of drug-likeness (QED) is 0.779. The fraction of sp³-hybridized carbons (Fsp3) is 0.900. The fourth-order valence-electron chi connectivity index (χ4n) is 1.38. The monoisotopic (exact) mass is 216 g/mol. The van der Waals surface area contributed by atoms with Gasteiger partial charge in [-0.2, -0.15) is 11.8 Å². The van der Waals surface area contributed by atoms with Gasteiger partial charge in [-0.05, 0) is 32.4 Å². The van der Waals surface area contributed by atoms with E-state index in [1.165, 1.54) is 6.42 Å². The standard InChI is InChI=1S/C10H20N2OS/c1-8(7-14-3)12(2)10(13)11-9-5-4-6-9/h8-9H,4-7H2,1-3H3,(H,11,13). The number of amides is 2. The first-order valence-electron chi connectivity index (χ1n) is 5.17. The molecule has 1 rings (SSSR count). The molecule has 1 unspecified atom stereocenters. The van der Waals surface area contributed by atoms with Crippen LogP contribution < -0.4 is 5.32 Å². The van der Waals surface area contributed by atoms with E-state index in [4.69, 9.17) is 0 Å². The van der Waals surface area contributed by atoms with Gasteiger partial charge in [-0.15, -0.1) is 0 Å². The molecule has 14 heavy (non-hydrogen) atoms. The van der Waals surface area contributed by atoms with Crippen molar-refractivity contribution in [3.8, 4) is 0 Å². The molecule has 1 atom stereocenters. The van der Waals surface area contributed by atoms with Gasteiger partial charge >= 0.3 is 6.03 Å². The predicted molar refractivity (Wildman–Crippen MR) is 61.8 cm³/mol. The molecule has 0 aromatic heterocycles. The third-order valence-electron chi connectivity index (χ3n) is 2.82. The van der Waals surface area contributed by atoms with Crippen LogP contribution in [0.2, 0.25) is 0 Å². The van der Waals surface area contributed by atoms with Gasteiger partial charge in [-0.25, -0.2) is 4.79 Å². The highest BCUT2D eigenvalue weighted by Crippen LogP contribution is 2.18. The van der Waals surface area contributed by atoms with Gasteiger partial charge in [0, 0.05) is 24.9 Å². The van der Waals surface area contributed by atoms with Gasteiger partial charge in [0.2, 0.25) is 0 Å². The first kappa shape index (κ1) is 11.7. The average molecular weight is 216 g/mol. The summed E-state index contributed by atoms with van der Waals surface area (Å²) >= 11 is 1.77. The summed E-state index contributed by atoms with van der Waals surface area (Å²) in [6.45, 7) is 2.08. The van der Waals surface area contributed by atoms with Gasteiger partial charge < -0.3 is 10.2 Å². The highest BCUT2D eigenvalue weighted by Gasteiger charge is 2.22. The van der Waals surface area contributed by atoms with Crippen LogP contribution in [0.3, 0.4) is 0 Å². The summed E-state index contributed by atoms with van der Waals surface area (Å²) in [6, 6.07) is 0.827. The van der Waals surface area contributed by atoms with Crippen molar-refractivity contribution in [3.63, 3.8) is 0 Å². The van der Waals surface area contributed by atoms with Crippen LogP contribution in [0.15, 0.2) is 0 Å². The van der Waals surface area contributed by atoms with E-state index in [0.29, 0.717) is 12.1 Å². The molecule has 2 amide bonds. The van der Waals surface area contributed by atoms with Crippen LogP contribution in [0.4, 0.5) is 4.79 Å². The summed E-state index contributed by atoms with van der Waals surface area (Å²) in [6.07, 6.45) is 5.62. The Balaban J connectivity index is 2.26. The normalized spacial score (nSPS) is 18.5. The molecule has 0 spiro atoms. The second-order valence-corrected chi connectivity index (χ2v) is 4.90. The Morgan fingerprint density at radius 1 is 1.64 bits per heavy atom. The summed E-state index contributed by atoms with van der Waals surface area (Å²) in [7, 11) is 1.87. The number of nitrogens with zero attached hydrogens (tertiary/aromatic N) is 1. The van der Waals surface area contributed by atoms with Crippen molar-refractivity contribution in [2.75, 3.05) is 19.1 Å². The van der Waals surface area contributed by atoms with E-state index in [0.717, 1.165) is 18.6 Å². The number of urea groups is 1. The first-order chi connectivity index (χ1) is 6.65. The van der Waals surface area contributed by atoms with Crippen LogP contribution in [0.1, 0.15) is 26.2 Å². The van der Waals surface area contributed by atoms with Crippen molar-refractivity contribution in [2.45, 2.75) is 38.3 Å². The predicted octanol–water partition coefficient (Wildman–Crippen LogP) is 1.93. The van der Waals surface area contributed by atoms with Gasteiger partial charge in [0.1, 0.15) is 0 Å². The Morgan fingerprint density at radius 3 is 2.71 bits per heavy atom. The fourth-order valence-corrected chi connectivity index (χ4v) is 2.09. The van der Waals surface area contributed by atoms with Gasteiger partial charge in [-0.3, -0.25) is 0 Å². The van der Waals surface area contributed by atoms with Crippen molar-refractivity contribution in [3.05, 3.63) is 0 Å². The second kappa shape index (κ2) is 5.49. The maximum atomic E-state index is 11.7. The minimum absolute atomic E-state index is 0.0799. The lowest BCUT2D eigenvalue weighted by Crippen LogP contribution is -2.49. The Bertz CT molecular complexity index is 195. The lowest BCUT2D eigenvalue weighted by Gasteiger charge is -2.31. The molecule has 3 nitrogen and oxygen atoms in total. The molecule has 0 aliphatic heterocycles.